The first kappa shape index (κ1) is 28.0. The van der Waals surface area contributed by atoms with Crippen molar-refractivity contribution in [2.24, 2.45) is 27.6 Å². The highest BCUT2D eigenvalue weighted by atomic mass is 14.3. The monoisotopic (exact) mass is 394 g/mol. The molecule has 0 aliphatic heterocycles. The minimum Gasteiger partial charge on any atom is -0.0654 e. The second-order valence-electron chi connectivity index (χ2n) is 13.4. The van der Waals surface area contributed by atoms with Crippen LogP contribution in [-0.2, 0) is 0 Å². The molecule has 0 spiro atoms. The van der Waals surface area contributed by atoms with Crippen molar-refractivity contribution in [3.05, 3.63) is 0 Å². The molecule has 0 bridgehead atoms. The Morgan fingerprint density at radius 2 is 0.929 bits per heavy atom. The van der Waals surface area contributed by atoms with E-state index in [9.17, 15) is 0 Å². The third-order valence-electron chi connectivity index (χ3n) is 6.91. The molecule has 0 fully saturated rings. The summed E-state index contributed by atoms with van der Waals surface area (Å²) in [6, 6.07) is 0. The molecule has 0 amide bonds. The van der Waals surface area contributed by atoms with Crippen molar-refractivity contribution in [2.75, 3.05) is 0 Å². The van der Waals surface area contributed by atoms with Crippen LogP contribution in [-0.4, -0.2) is 0 Å². The molecule has 1 unspecified atom stereocenters. The van der Waals surface area contributed by atoms with Gasteiger partial charge in [0, 0.05) is 0 Å². The molecule has 0 aromatic heterocycles. The molecule has 0 nitrogen and oxygen atoms in total. The molecular formula is C28H58. The molecule has 0 aliphatic carbocycles. The Hall–Kier alpha value is 0. The van der Waals surface area contributed by atoms with Gasteiger partial charge in [0.15, 0.2) is 0 Å². The average molecular weight is 395 g/mol. The zero-order valence-electron chi connectivity index (χ0n) is 22.1. The second kappa shape index (κ2) is 12.0. The SMILES string of the molecule is CCCCC(C)(C)CC(C)(C)CCC(C)CCCC(C)(C)CC(C)(C)CCC. The number of hydrogen-bond donors (Lipinski definition) is 0. The van der Waals surface area contributed by atoms with Crippen molar-refractivity contribution in [1.29, 1.82) is 0 Å². The Balaban J connectivity index is 4.29. The van der Waals surface area contributed by atoms with E-state index in [0.29, 0.717) is 21.7 Å². The Morgan fingerprint density at radius 1 is 0.500 bits per heavy atom. The highest BCUT2D eigenvalue weighted by molar-refractivity contribution is 4.81. The van der Waals surface area contributed by atoms with Crippen LogP contribution in [0.1, 0.15) is 153 Å². The van der Waals surface area contributed by atoms with Crippen LogP contribution in [0, 0.1) is 27.6 Å². The summed E-state index contributed by atoms with van der Waals surface area (Å²) >= 11 is 0. The Labute approximate surface area is 181 Å². The maximum absolute atomic E-state index is 2.51. The molecule has 1 atom stereocenters. The maximum atomic E-state index is 2.51. The summed E-state index contributed by atoms with van der Waals surface area (Å²) < 4.78 is 0. The lowest BCUT2D eigenvalue weighted by molar-refractivity contribution is 0.153. The summed E-state index contributed by atoms with van der Waals surface area (Å²) in [6.07, 6.45) is 16.5. The largest absolute Gasteiger partial charge is 0.0654 e. The molecule has 0 N–H and O–H groups in total. The quantitative estimate of drug-likeness (QED) is 0.244. The zero-order chi connectivity index (χ0) is 22.1. The van der Waals surface area contributed by atoms with Gasteiger partial charge in [-0.3, -0.25) is 0 Å². The molecule has 0 saturated carbocycles. The summed E-state index contributed by atoms with van der Waals surface area (Å²) in [7, 11) is 0. The van der Waals surface area contributed by atoms with Crippen LogP contribution in [0.2, 0.25) is 0 Å². The molecule has 0 aromatic carbocycles. The number of unbranched alkanes of at least 4 members (excludes halogenated alkanes) is 1. The van der Waals surface area contributed by atoms with Crippen molar-refractivity contribution in [1.82, 2.24) is 0 Å². The van der Waals surface area contributed by atoms with E-state index in [-0.39, 0.29) is 0 Å². The van der Waals surface area contributed by atoms with Gasteiger partial charge in [-0.15, -0.1) is 0 Å². The third-order valence-corrected chi connectivity index (χ3v) is 6.91. The first-order chi connectivity index (χ1) is 12.6. The van der Waals surface area contributed by atoms with Gasteiger partial charge in [-0.25, -0.2) is 0 Å². The van der Waals surface area contributed by atoms with Gasteiger partial charge in [-0.05, 0) is 66.1 Å². The van der Waals surface area contributed by atoms with Gasteiger partial charge < -0.3 is 0 Å². The fraction of sp³-hybridized carbons (Fsp3) is 1.00. The molecular weight excluding hydrogens is 336 g/mol. The van der Waals surface area contributed by atoms with E-state index < -0.39 is 0 Å². The average Bonchev–Trinajstić information content (AvgIpc) is 2.48. The highest BCUT2D eigenvalue weighted by Gasteiger charge is 2.29. The Bertz CT molecular complexity index is 396. The molecule has 0 saturated heterocycles. The summed E-state index contributed by atoms with van der Waals surface area (Å²) in [5, 5.41) is 0. The minimum atomic E-state index is 0.481. The first-order valence-corrected chi connectivity index (χ1v) is 12.6. The van der Waals surface area contributed by atoms with Crippen molar-refractivity contribution >= 4 is 0 Å². The summed E-state index contributed by atoms with van der Waals surface area (Å²) in [6.45, 7) is 27.0. The number of rotatable bonds is 16. The van der Waals surface area contributed by atoms with Gasteiger partial charge in [0.1, 0.15) is 0 Å². The van der Waals surface area contributed by atoms with Crippen LogP contribution < -0.4 is 0 Å². The maximum Gasteiger partial charge on any atom is -0.0349 e. The van der Waals surface area contributed by atoms with Crippen LogP contribution in [0.15, 0.2) is 0 Å². The third kappa shape index (κ3) is 14.1. The van der Waals surface area contributed by atoms with Crippen LogP contribution in [0.3, 0.4) is 0 Å². The standard InChI is InChI=1S/C28H58/c1-12-14-19-26(6,7)23-28(10,11)21-17-24(3)16-15-20-27(8,9)22-25(4,5)18-13-2/h24H,12-23H2,1-11H3. The van der Waals surface area contributed by atoms with Gasteiger partial charge >= 0.3 is 0 Å². The predicted octanol–water partition coefficient (Wildman–Crippen LogP) is 10.4. The fourth-order valence-corrected chi connectivity index (χ4v) is 5.99. The Morgan fingerprint density at radius 3 is 1.39 bits per heavy atom. The van der Waals surface area contributed by atoms with Crippen LogP contribution >= 0.6 is 0 Å². The molecule has 28 heavy (non-hydrogen) atoms. The molecule has 0 aromatic rings. The van der Waals surface area contributed by atoms with Crippen molar-refractivity contribution in [3.8, 4) is 0 Å². The van der Waals surface area contributed by atoms with E-state index in [4.69, 9.17) is 0 Å². The zero-order valence-corrected chi connectivity index (χ0v) is 22.1. The fourth-order valence-electron chi connectivity index (χ4n) is 5.99. The van der Waals surface area contributed by atoms with E-state index in [0.717, 1.165) is 5.92 Å². The van der Waals surface area contributed by atoms with Crippen molar-refractivity contribution in [2.45, 2.75) is 153 Å². The smallest absolute Gasteiger partial charge is 0.0349 e. The van der Waals surface area contributed by atoms with E-state index in [1.807, 2.05) is 0 Å². The summed E-state index contributed by atoms with van der Waals surface area (Å²) in [5.41, 5.74) is 1.96. The first-order valence-electron chi connectivity index (χ1n) is 12.6. The minimum absolute atomic E-state index is 0.481. The summed E-state index contributed by atoms with van der Waals surface area (Å²) in [4.78, 5) is 0. The van der Waals surface area contributed by atoms with E-state index in [1.54, 1.807) is 0 Å². The van der Waals surface area contributed by atoms with Gasteiger partial charge in [-0.2, -0.15) is 0 Å². The number of hydrogen-bond acceptors (Lipinski definition) is 0. The van der Waals surface area contributed by atoms with Gasteiger partial charge in [0.2, 0.25) is 0 Å². The lowest BCUT2D eigenvalue weighted by atomic mass is 9.69. The van der Waals surface area contributed by atoms with Crippen molar-refractivity contribution < 1.29 is 0 Å². The van der Waals surface area contributed by atoms with Crippen LogP contribution in [0.25, 0.3) is 0 Å². The topological polar surface area (TPSA) is 0 Å². The predicted molar refractivity (Wildman–Crippen MR) is 131 cm³/mol. The van der Waals surface area contributed by atoms with E-state index >= 15 is 0 Å². The normalized spacial score (nSPS) is 15.1. The second-order valence-corrected chi connectivity index (χ2v) is 13.4. The molecule has 0 aliphatic rings. The molecule has 0 rings (SSSR count). The van der Waals surface area contributed by atoms with E-state index in [2.05, 4.69) is 76.2 Å². The Kier molecular flexibility index (Phi) is 12.0. The molecule has 170 valence electrons. The van der Waals surface area contributed by atoms with E-state index in [1.165, 1.54) is 77.0 Å². The van der Waals surface area contributed by atoms with Crippen LogP contribution in [0.4, 0.5) is 0 Å². The van der Waals surface area contributed by atoms with Gasteiger partial charge in [-0.1, -0.05) is 115 Å². The summed E-state index contributed by atoms with van der Waals surface area (Å²) in [5.74, 6) is 0.873. The van der Waals surface area contributed by atoms with Crippen molar-refractivity contribution in [3.63, 3.8) is 0 Å². The lowest BCUT2D eigenvalue weighted by Crippen LogP contribution is -2.24. The molecule has 0 radical (unpaired) electrons. The lowest BCUT2D eigenvalue weighted by Gasteiger charge is -2.36. The molecule has 0 heteroatoms. The van der Waals surface area contributed by atoms with Gasteiger partial charge in [0.25, 0.3) is 0 Å². The molecule has 0 heterocycles. The van der Waals surface area contributed by atoms with Crippen LogP contribution in [0.5, 0.6) is 0 Å². The highest BCUT2D eigenvalue weighted by Crippen LogP contribution is 2.42. The van der Waals surface area contributed by atoms with Gasteiger partial charge in [0.05, 0.1) is 0 Å².